The molecule has 6 heteroatoms. The van der Waals surface area contributed by atoms with Crippen LogP contribution in [0.5, 0.6) is 0 Å². The van der Waals surface area contributed by atoms with E-state index in [1.54, 1.807) is 0 Å². The molecule has 3 aromatic heterocycles. The predicted molar refractivity (Wildman–Crippen MR) is 101 cm³/mol. The minimum Gasteiger partial charge on any atom is -0.352 e. The van der Waals surface area contributed by atoms with Crippen LogP contribution in [0.1, 0.15) is 30.4 Å². The number of nitrogens with one attached hydrogen (secondary N) is 1. The molecular formula is C19H19N5S. The summed E-state index contributed by atoms with van der Waals surface area (Å²) in [7, 11) is 0. The van der Waals surface area contributed by atoms with Gasteiger partial charge >= 0.3 is 0 Å². The number of rotatable bonds is 4. The molecule has 1 aliphatic rings. The Hall–Kier alpha value is -2.73. The van der Waals surface area contributed by atoms with Crippen LogP contribution in [0.2, 0.25) is 0 Å². The molecule has 1 saturated heterocycles. The highest BCUT2D eigenvalue weighted by atomic mass is 32.1. The minimum absolute atomic E-state index is 0.0177. The maximum Gasteiger partial charge on any atom is 0.170 e. The van der Waals surface area contributed by atoms with Crippen LogP contribution in [0.25, 0.3) is 5.69 Å². The molecule has 0 unspecified atom stereocenters. The van der Waals surface area contributed by atoms with E-state index in [1.165, 1.54) is 5.69 Å². The summed E-state index contributed by atoms with van der Waals surface area (Å²) in [5.74, 6) is 0. The molecule has 0 spiro atoms. The number of hydrogen-bond acceptors (Lipinski definition) is 3. The van der Waals surface area contributed by atoms with E-state index < -0.39 is 0 Å². The SMILES string of the molecule is CCN1C(=S)N[C@@H](c2ccccn2)[C@H]1c1cccn1-c1ccncc1. The number of thiocarbonyl (C=S) groups is 1. The molecule has 0 bridgehead atoms. The Morgan fingerprint density at radius 2 is 1.92 bits per heavy atom. The van der Waals surface area contributed by atoms with Crippen LogP contribution in [0.3, 0.4) is 0 Å². The van der Waals surface area contributed by atoms with Crippen molar-refractivity contribution in [3.8, 4) is 5.69 Å². The van der Waals surface area contributed by atoms with Gasteiger partial charge in [0.1, 0.15) is 0 Å². The third-order valence-electron chi connectivity index (χ3n) is 4.56. The zero-order valence-electron chi connectivity index (χ0n) is 13.9. The van der Waals surface area contributed by atoms with E-state index in [1.807, 2.05) is 48.9 Å². The quantitative estimate of drug-likeness (QED) is 0.733. The van der Waals surface area contributed by atoms with Crippen LogP contribution in [0.15, 0.2) is 67.3 Å². The first-order valence-electron chi connectivity index (χ1n) is 8.35. The van der Waals surface area contributed by atoms with Gasteiger partial charge in [0, 0.05) is 42.7 Å². The smallest absolute Gasteiger partial charge is 0.170 e. The molecule has 0 amide bonds. The van der Waals surface area contributed by atoms with Crippen molar-refractivity contribution in [2.24, 2.45) is 0 Å². The highest BCUT2D eigenvalue weighted by Gasteiger charge is 2.40. The van der Waals surface area contributed by atoms with E-state index in [4.69, 9.17) is 12.2 Å². The van der Waals surface area contributed by atoms with Gasteiger partial charge in [0.25, 0.3) is 0 Å². The fourth-order valence-electron chi connectivity index (χ4n) is 3.44. The van der Waals surface area contributed by atoms with Crippen LogP contribution in [0, 0.1) is 0 Å². The van der Waals surface area contributed by atoms with Crippen molar-refractivity contribution >= 4 is 17.3 Å². The van der Waals surface area contributed by atoms with Gasteiger partial charge in [-0.25, -0.2) is 0 Å². The van der Waals surface area contributed by atoms with Crippen molar-refractivity contribution in [3.05, 3.63) is 78.6 Å². The molecule has 1 N–H and O–H groups in total. The monoisotopic (exact) mass is 349 g/mol. The number of aromatic nitrogens is 3. The van der Waals surface area contributed by atoms with Gasteiger partial charge in [-0.05, 0) is 55.5 Å². The average Bonchev–Trinajstić information content (AvgIpc) is 3.27. The van der Waals surface area contributed by atoms with Gasteiger partial charge in [-0.1, -0.05) is 6.07 Å². The minimum atomic E-state index is 0.0177. The summed E-state index contributed by atoms with van der Waals surface area (Å²) >= 11 is 5.60. The molecule has 4 heterocycles. The van der Waals surface area contributed by atoms with Crippen LogP contribution < -0.4 is 5.32 Å². The summed E-state index contributed by atoms with van der Waals surface area (Å²) in [6.07, 6.45) is 7.53. The molecule has 0 aromatic carbocycles. The fourth-order valence-corrected chi connectivity index (χ4v) is 3.81. The van der Waals surface area contributed by atoms with Crippen LogP contribution >= 0.6 is 12.2 Å². The zero-order chi connectivity index (χ0) is 17.2. The van der Waals surface area contributed by atoms with Crippen molar-refractivity contribution in [1.29, 1.82) is 0 Å². The second kappa shape index (κ2) is 6.64. The number of pyridine rings is 2. The Balaban J connectivity index is 1.81. The number of likely N-dealkylation sites (N-methyl/N-ethyl adjacent to an activating group) is 1. The fraction of sp³-hybridized carbons (Fsp3) is 0.211. The molecule has 3 aromatic rings. The summed E-state index contributed by atoms with van der Waals surface area (Å²) in [4.78, 5) is 10.9. The Morgan fingerprint density at radius 3 is 2.64 bits per heavy atom. The van der Waals surface area contributed by atoms with E-state index in [-0.39, 0.29) is 12.1 Å². The lowest BCUT2D eigenvalue weighted by atomic mass is 10.0. The first-order valence-corrected chi connectivity index (χ1v) is 8.76. The van der Waals surface area contributed by atoms with Gasteiger partial charge in [0.15, 0.2) is 5.11 Å². The normalized spacial score (nSPS) is 19.9. The van der Waals surface area contributed by atoms with E-state index in [9.17, 15) is 0 Å². The Bertz CT molecular complexity index is 862. The van der Waals surface area contributed by atoms with E-state index in [0.29, 0.717) is 0 Å². The van der Waals surface area contributed by atoms with Gasteiger partial charge in [-0.2, -0.15) is 0 Å². The third-order valence-corrected chi connectivity index (χ3v) is 4.92. The van der Waals surface area contributed by atoms with Crippen molar-refractivity contribution in [2.75, 3.05) is 6.54 Å². The average molecular weight is 349 g/mol. The second-order valence-electron chi connectivity index (χ2n) is 5.92. The lowest BCUT2D eigenvalue weighted by molar-refractivity contribution is 0.321. The summed E-state index contributed by atoms with van der Waals surface area (Å²) in [6.45, 7) is 2.96. The summed E-state index contributed by atoms with van der Waals surface area (Å²) in [5, 5.41) is 4.23. The van der Waals surface area contributed by atoms with Gasteiger partial charge in [0.05, 0.1) is 17.8 Å². The van der Waals surface area contributed by atoms with E-state index in [0.717, 1.165) is 23.0 Å². The lowest BCUT2D eigenvalue weighted by Crippen LogP contribution is -2.30. The maximum absolute atomic E-state index is 5.60. The van der Waals surface area contributed by atoms with Crippen LogP contribution in [-0.2, 0) is 0 Å². The van der Waals surface area contributed by atoms with Crippen molar-refractivity contribution in [2.45, 2.75) is 19.0 Å². The molecule has 25 heavy (non-hydrogen) atoms. The van der Waals surface area contributed by atoms with Gasteiger partial charge in [0.2, 0.25) is 0 Å². The standard InChI is InChI=1S/C19H19N5S/c1-2-23-18(17(22-19(23)25)15-6-3-4-10-21-15)16-7-5-13-24(16)14-8-11-20-12-9-14/h3-13,17-18H,2H2,1H3,(H,22,25)/t17-,18+/m0/s1. The molecule has 126 valence electrons. The van der Waals surface area contributed by atoms with Gasteiger partial charge in [-0.15, -0.1) is 0 Å². The van der Waals surface area contributed by atoms with Gasteiger partial charge in [-0.3, -0.25) is 9.97 Å². The van der Waals surface area contributed by atoms with Crippen molar-refractivity contribution in [1.82, 2.24) is 24.8 Å². The van der Waals surface area contributed by atoms with Crippen LogP contribution in [0.4, 0.5) is 0 Å². The molecule has 1 fully saturated rings. The first kappa shape index (κ1) is 15.8. The summed E-state index contributed by atoms with van der Waals surface area (Å²) < 4.78 is 2.19. The molecule has 0 aliphatic carbocycles. The largest absolute Gasteiger partial charge is 0.352 e. The second-order valence-corrected chi connectivity index (χ2v) is 6.31. The van der Waals surface area contributed by atoms with Crippen LogP contribution in [-0.4, -0.2) is 31.1 Å². The van der Waals surface area contributed by atoms with Gasteiger partial charge < -0.3 is 14.8 Å². The maximum atomic E-state index is 5.60. The molecule has 5 nitrogen and oxygen atoms in total. The summed E-state index contributed by atoms with van der Waals surface area (Å²) in [6, 6.07) is 14.3. The Kier molecular flexibility index (Phi) is 4.19. The molecule has 4 rings (SSSR count). The Labute approximate surface area is 152 Å². The van der Waals surface area contributed by atoms with Crippen molar-refractivity contribution < 1.29 is 0 Å². The summed E-state index contributed by atoms with van der Waals surface area (Å²) in [5.41, 5.74) is 3.26. The topological polar surface area (TPSA) is 46.0 Å². The van der Waals surface area contributed by atoms with E-state index in [2.05, 4.69) is 50.0 Å². The molecule has 0 radical (unpaired) electrons. The van der Waals surface area contributed by atoms with Crippen molar-refractivity contribution in [3.63, 3.8) is 0 Å². The number of nitrogens with zero attached hydrogens (tertiary/aromatic N) is 4. The highest BCUT2D eigenvalue weighted by molar-refractivity contribution is 7.80. The lowest BCUT2D eigenvalue weighted by Gasteiger charge is -2.27. The molecule has 0 saturated carbocycles. The molecule has 2 atom stereocenters. The first-order chi connectivity index (χ1) is 12.3. The van der Waals surface area contributed by atoms with E-state index >= 15 is 0 Å². The number of hydrogen-bond donors (Lipinski definition) is 1. The Morgan fingerprint density at radius 1 is 1.08 bits per heavy atom. The predicted octanol–water partition coefficient (Wildman–Crippen LogP) is 3.26. The third kappa shape index (κ3) is 2.78. The molecular weight excluding hydrogens is 330 g/mol. The molecule has 1 aliphatic heterocycles. The highest BCUT2D eigenvalue weighted by Crippen LogP contribution is 2.39. The zero-order valence-corrected chi connectivity index (χ0v) is 14.7.